The molecule has 0 aliphatic carbocycles. The molecule has 0 bridgehead atoms. The minimum atomic E-state index is -0.711. The maximum Gasteiger partial charge on any atom is 0.320 e. The monoisotopic (exact) mass is 392 g/mol. The number of aromatic nitrogens is 4. The van der Waals surface area contributed by atoms with Crippen LogP contribution in [0.15, 0.2) is 69.0 Å². The van der Waals surface area contributed by atoms with Gasteiger partial charge in [-0.15, -0.1) is 0 Å². The van der Waals surface area contributed by atoms with Crippen LogP contribution in [0.5, 0.6) is 0 Å². The number of benzene rings is 2. The predicted octanol–water partition coefficient (Wildman–Crippen LogP) is 2.85. The highest BCUT2D eigenvalue weighted by Crippen LogP contribution is 2.17. The molecule has 0 N–H and O–H groups in total. The van der Waals surface area contributed by atoms with E-state index in [-0.39, 0.29) is 18.3 Å². The minimum Gasteiger partial charge on any atom is -0.337 e. The fraction of sp³-hybridized carbons (Fsp3) is 0.143. The second-order valence-electron chi connectivity index (χ2n) is 6.77. The average Bonchev–Trinajstić information content (AvgIpc) is 3.13. The van der Waals surface area contributed by atoms with Crippen molar-refractivity contribution in [1.29, 1.82) is 0 Å². The summed E-state index contributed by atoms with van der Waals surface area (Å²) in [7, 11) is 0. The zero-order valence-corrected chi connectivity index (χ0v) is 15.8. The summed E-state index contributed by atoms with van der Waals surface area (Å²) in [6, 6.07) is 11.4. The highest BCUT2D eigenvalue weighted by molar-refractivity contribution is 5.53. The molecule has 0 aliphatic rings. The number of rotatable bonds is 4. The summed E-state index contributed by atoms with van der Waals surface area (Å²) in [5.41, 5.74) is 1.68. The third-order valence-electron chi connectivity index (χ3n) is 4.40. The van der Waals surface area contributed by atoms with Gasteiger partial charge in [-0.3, -0.25) is 18.7 Å². The molecule has 2 heterocycles. The molecule has 146 valence electrons. The lowest BCUT2D eigenvalue weighted by Crippen LogP contribution is -2.40. The molecule has 7 nitrogen and oxygen atoms in total. The summed E-state index contributed by atoms with van der Waals surface area (Å²) >= 11 is 0. The van der Waals surface area contributed by atoms with Gasteiger partial charge in [-0.25, -0.2) is 4.39 Å². The second-order valence-corrected chi connectivity index (χ2v) is 6.77. The summed E-state index contributed by atoms with van der Waals surface area (Å²) in [4.78, 5) is 29.3. The van der Waals surface area contributed by atoms with Gasteiger partial charge in [0.15, 0.2) is 0 Å². The summed E-state index contributed by atoms with van der Waals surface area (Å²) in [5.74, 6) is -0.0777. The lowest BCUT2D eigenvalue weighted by molar-refractivity contribution is 0.369. The van der Waals surface area contributed by atoms with Gasteiger partial charge in [0, 0.05) is 23.6 Å². The molecule has 29 heavy (non-hydrogen) atoms. The predicted molar refractivity (Wildman–Crippen MR) is 105 cm³/mol. The van der Waals surface area contributed by atoms with Crippen molar-refractivity contribution in [3.8, 4) is 17.1 Å². The Kier molecular flexibility index (Phi) is 4.67. The van der Waals surface area contributed by atoms with Crippen LogP contribution in [0.2, 0.25) is 0 Å². The second kappa shape index (κ2) is 7.31. The van der Waals surface area contributed by atoms with Gasteiger partial charge in [0.2, 0.25) is 11.7 Å². The van der Waals surface area contributed by atoms with Crippen molar-refractivity contribution >= 4 is 0 Å². The fourth-order valence-electron chi connectivity index (χ4n) is 3.14. The summed E-state index contributed by atoms with van der Waals surface area (Å²) in [5, 5.41) is 3.81. The Balaban J connectivity index is 1.65. The van der Waals surface area contributed by atoms with Crippen LogP contribution in [0, 0.1) is 19.7 Å². The van der Waals surface area contributed by atoms with Crippen LogP contribution >= 0.6 is 0 Å². The first-order valence-electron chi connectivity index (χ1n) is 8.90. The molecule has 0 unspecified atom stereocenters. The van der Waals surface area contributed by atoms with Gasteiger partial charge in [0.25, 0.3) is 0 Å². The Hall–Kier alpha value is -3.81. The summed E-state index contributed by atoms with van der Waals surface area (Å²) < 4.78 is 21.0. The van der Waals surface area contributed by atoms with Crippen molar-refractivity contribution in [2.75, 3.05) is 0 Å². The van der Waals surface area contributed by atoms with Gasteiger partial charge >= 0.3 is 11.1 Å². The van der Waals surface area contributed by atoms with Gasteiger partial charge in [0.05, 0.1) is 0 Å². The standard InChI is InChI=1S/C21H17FN4O3/c1-13-8-14(2)10-17(9-13)26-7-6-25(20(27)21(26)28)12-18-23-19(24-29-18)15-4-3-5-16(22)11-15/h3-11H,12H2,1-2H3. The topological polar surface area (TPSA) is 82.9 Å². The number of hydrogen-bond acceptors (Lipinski definition) is 5. The van der Waals surface area contributed by atoms with Crippen LogP contribution in [0.4, 0.5) is 4.39 Å². The highest BCUT2D eigenvalue weighted by Gasteiger charge is 2.13. The third kappa shape index (κ3) is 3.77. The zero-order chi connectivity index (χ0) is 20.5. The first-order valence-corrected chi connectivity index (χ1v) is 8.90. The fourth-order valence-corrected chi connectivity index (χ4v) is 3.14. The normalized spacial score (nSPS) is 11.0. The SMILES string of the molecule is Cc1cc(C)cc(-n2ccn(Cc3nc(-c4cccc(F)c4)no3)c(=O)c2=O)c1. The number of aryl methyl sites for hydroxylation is 2. The molecular formula is C21H17FN4O3. The molecule has 0 aliphatic heterocycles. The van der Waals surface area contributed by atoms with E-state index in [4.69, 9.17) is 4.52 Å². The molecule has 0 saturated heterocycles. The van der Waals surface area contributed by atoms with E-state index < -0.39 is 16.9 Å². The molecule has 4 rings (SSSR count). The minimum absolute atomic E-state index is 0.0654. The van der Waals surface area contributed by atoms with E-state index in [0.717, 1.165) is 11.1 Å². The molecule has 2 aromatic heterocycles. The summed E-state index contributed by atoms with van der Waals surface area (Å²) in [6.07, 6.45) is 3.02. The highest BCUT2D eigenvalue weighted by atomic mass is 19.1. The van der Waals surface area contributed by atoms with Gasteiger partial charge in [-0.05, 0) is 49.2 Å². The summed E-state index contributed by atoms with van der Waals surface area (Å²) in [6.45, 7) is 3.78. The van der Waals surface area contributed by atoms with Crippen molar-refractivity contribution in [2.24, 2.45) is 0 Å². The molecule has 4 aromatic rings. The average molecular weight is 392 g/mol. The Morgan fingerprint density at radius 2 is 1.76 bits per heavy atom. The Morgan fingerprint density at radius 1 is 1.00 bits per heavy atom. The van der Waals surface area contributed by atoms with Crippen LogP contribution in [-0.4, -0.2) is 19.3 Å². The van der Waals surface area contributed by atoms with Crippen molar-refractivity contribution in [3.05, 3.63) is 98.4 Å². The van der Waals surface area contributed by atoms with Gasteiger partial charge in [0.1, 0.15) is 12.4 Å². The maximum atomic E-state index is 13.4. The smallest absolute Gasteiger partial charge is 0.320 e. The van der Waals surface area contributed by atoms with Crippen LogP contribution in [0.25, 0.3) is 17.1 Å². The van der Waals surface area contributed by atoms with Gasteiger partial charge in [-0.2, -0.15) is 4.98 Å². The number of hydrogen-bond donors (Lipinski definition) is 0. The van der Waals surface area contributed by atoms with E-state index >= 15 is 0 Å². The van der Waals surface area contributed by atoms with Crippen LogP contribution in [0.1, 0.15) is 17.0 Å². The molecule has 0 fully saturated rings. The van der Waals surface area contributed by atoms with Gasteiger partial charge in [-0.1, -0.05) is 23.4 Å². The third-order valence-corrected chi connectivity index (χ3v) is 4.40. The van der Waals surface area contributed by atoms with Crippen LogP contribution < -0.4 is 11.1 Å². The molecule has 8 heteroatoms. The molecular weight excluding hydrogens is 375 g/mol. The van der Waals surface area contributed by atoms with Crippen molar-refractivity contribution in [3.63, 3.8) is 0 Å². The molecule has 2 aromatic carbocycles. The maximum absolute atomic E-state index is 13.4. The molecule has 0 radical (unpaired) electrons. The van der Waals surface area contributed by atoms with E-state index in [1.165, 1.54) is 39.7 Å². The van der Waals surface area contributed by atoms with Crippen molar-refractivity contribution in [2.45, 2.75) is 20.4 Å². The van der Waals surface area contributed by atoms with Crippen LogP contribution in [-0.2, 0) is 6.54 Å². The Labute approximate surface area is 164 Å². The van der Waals surface area contributed by atoms with E-state index in [1.807, 2.05) is 32.0 Å². The zero-order valence-electron chi connectivity index (χ0n) is 15.8. The largest absolute Gasteiger partial charge is 0.337 e. The van der Waals surface area contributed by atoms with Crippen molar-refractivity contribution in [1.82, 2.24) is 19.3 Å². The van der Waals surface area contributed by atoms with Crippen LogP contribution in [0.3, 0.4) is 0 Å². The quantitative estimate of drug-likeness (QED) is 0.499. The van der Waals surface area contributed by atoms with E-state index in [1.54, 1.807) is 6.07 Å². The lowest BCUT2D eigenvalue weighted by Gasteiger charge is -2.09. The van der Waals surface area contributed by atoms with E-state index in [2.05, 4.69) is 10.1 Å². The lowest BCUT2D eigenvalue weighted by atomic mass is 10.1. The number of halogens is 1. The first kappa shape index (κ1) is 18.5. The molecule has 0 atom stereocenters. The Morgan fingerprint density at radius 3 is 2.48 bits per heavy atom. The molecule has 0 amide bonds. The molecule has 0 saturated carbocycles. The van der Waals surface area contributed by atoms with Gasteiger partial charge < -0.3 is 4.52 Å². The first-order chi connectivity index (χ1) is 13.9. The van der Waals surface area contributed by atoms with E-state index in [0.29, 0.717) is 11.3 Å². The Bertz CT molecular complexity index is 1300. The number of nitrogens with zero attached hydrogens (tertiary/aromatic N) is 4. The van der Waals surface area contributed by atoms with E-state index in [9.17, 15) is 14.0 Å². The van der Waals surface area contributed by atoms with Crippen molar-refractivity contribution < 1.29 is 8.91 Å². The molecule has 0 spiro atoms.